The summed E-state index contributed by atoms with van der Waals surface area (Å²) in [7, 11) is 1.56. The third kappa shape index (κ3) is 6.42. The van der Waals surface area contributed by atoms with Crippen LogP contribution in [0.15, 0.2) is 54.1 Å². The number of carbonyl (C=O) groups is 3. The molecule has 9 nitrogen and oxygen atoms in total. The maximum absolute atomic E-state index is 13.1. The Labute approximate surface area is 210 Å². The molecule has 192 valence electrons. The van der Waals surface area contributed by atoms with Crippen molar-refractivity contribution in [1.29, 1.82) is 0 Å². The topological polar surface area (TPSA) is 128 Å². The van der Waals surface area contributed by atoms with Crippen LogP contribution in [-0.2, 0) is 19.1 Å². The number of amides is 2. The highest BCUT2D eigenvalue weighted by Crippen LogP contribution is 2.40. The first-order chi connectivity index (χ1) is 17.4. The van der Waals surface area contributed by atoms with E-state index in [1.807, 2.05) is 0 Å². The third-order valence-corrected chi connectivity index (χ3v) is 5.76. The van der Waals surface area contributed by atoms with Crippen LogP contribution in [0.1, 0.15) is 43.4 Å². The van der Waals surface area contributed by atoms with Crippen LogP contribution in [0, 0.1) is 0 Å². The molecule has 0 aromatic heterocycles. The second-order valence-corrected chi connectivity index (χ2v) is 8.39. The number of nitrogens with two attached hydrogens (primary N) is 1. The lowest BCUT2D eigenvalue weighted by molar-refractivity contribution is -0.140. The number of Topliss-reactive ketones (excluding diaryl/α,β-unsaturated/α-hetero) is 1. The van der Waals surface area contributed by atoms with Gasteiger partial charge in [0, 0.05) is 25.8 Å². The summed E-state index contributed by atoms with van der Waals surface area (Å²) in [5.41, 5.74) is 6.14. The van der Waals surface area contributed by atoms with Crippen molar-refractivity contribution >= 4 is 23.4 Å². The SMILES string of the molecule is CCCCOc1ccc(C(O)=C2C(=O)C(=O)N(CCCOC)C2c2ccc(OCC(N)=O)cc2)cc1. The van der Waals surface area contributed by atoms with Crippen LogP contribution in [-0.4, -0.2) is 61.1 Å². The molecule has 1 heterocycles. The molecule has 0 bridgehead atoms. The van der Waals surface area contributed by atoms with E-state index in [2.05, 4.69) is 6.92 Å². The van der Waals surface area contributed by atoms with Gasteiger partial charge in [0.05, 0.1) is 18.2 Å². The molecule has 2 aromatic rings. The zero-order valence-corrected chi connectivity index (χ0v) is 20.6. The molecular weight excluding hydrogens is 464 g/mol. The van der Waals surface area contributed by atoms with E-state index in [0.29, 0.717) is 42.3 Å². The number of aliphatic hydroxyl groups excluding tert-OH is 1. The molecule has 9 heteroatoms. The highest BCUT2D eigenvalue weighted by molar-refractivity contribution is 6.46. The van der Waals surface area contributed by atoms with Crippen LogP contribution in [0.25, 0.3) is 5.76 Å². The summed E-state index contributed by atoms with van der Waals surface area (Å²) < 4.78 is 16.1. The molecule has 36 heavy (non-hydrogen) atoms. The fraction of sp³-hybridized carbons (Fsp3) is 0.370. The number of rotatable bonds is 13. The van der Waals surface area contributed by atoms with Crippen molar-refractivity contribution in [2.45, 2.75) is 32.2 Å². The quantitative estimate of drug-likeness (QED) is 0.189. The number of ketones is 1. The average Bonchev–Trinajstić information content (AvgIpc) is 3.13. The van der Waals surface area contributed by atoms with Gasteiger partial charge in [0.2, 0.25) is 0 Å². The highest BCUT2D eigenvalue weighted by atomic mass is 16.5. The van der Waals surface area contributed by atoms with Crippen molar-refractivity contribution in [1.82, 2.24) is 4.90 Å². The number of likely N-dealkylation sites (tertiary alicyclic amines) is 1. The maximum atomic E-state index is 13.1. The van der Waals surface area contributed by atoms with E-state index < -0.39 is 23.6 Å². The summed E-state index contributed by atoms with van der Waals surface area (Å²) in [6.45, 7) is 3.08. The van der Waals surface area contributed by atoms with Gasteiger partial charge in [-0.3, -0.25) is 14.4 Å². The second-order valence-electron chi connectivity index (χ2n) is 8.39. The molecule has 1 atom stereocenters. The lowest BCUT2D eigenvalue weighted by atomic mass is 9.95. The molecule has 0 radical (unpaired) electrons. The number of methoxy groups -OCH3 is 1. The van der Waals surface area contributed by atoms with Gasteiger partial charge in [-0.05, 0) is 54.8 Å². The van der Waals surface area contributed by atoms with Gasteiger partial charge in [0.15, 0.2) is 6.61 Å². The number of hydrogen-bond acceptors (Lipinski definition) is 7. The van der Waals surface area contributed by atoms with Crippen LogP contribution < -0.4 is 15.2 Å². The summed E-state index contributed by atoms with van der Waals surface area (Å²) in [4.78, 5) is 38.5. The lowest BCUT2D eigenvalue weighted by Crippen LogP contribution is -2.31. The van der Waals surface area contributed by atoms with Crippen molar-refractivity contribution in [3.8, 4) is 11.5 Å². The number of benzene rings is 2. The standard InChI is InChI=1S/C27H32N2O7/c1-3-4-16-35-20-12-8-19(9-13-20)25(31)23-24(29(14-5-15-34-2)27(33)26(23)32)18-6-10-21(11-7-18)36-17-22(28)30/h6-13,24,31H,3-5,14-17H2,1-2H3,(H2,28,30). The molecular formula is C27H32N2O7. The average molecular weight is 497 g/mol. The fourth-order valence-electron chi connectivity index (χ4n) is 3.94. The first-order valence-corrected chi connectivity index (χ1v) is 11.9. The van der Waals surface area contributed by atoms with Crippen LogP contribution in [0.4, 0.5) is 0 Å². The molecule has 0 spiro atoms. The Morgan fingerprint density at radius 3 is 2.22 bits per heavy atom. The first-order valence-electron chi connectivity index (χ1n) is 11.9. The van der Waals surface area contributed by atoms with Gasteiger partial charge < -0.3 is 30.0 Å². The second kappa shape index (κ2) is 12.7. The molecule has 1 aliphatic heterocycles. The lowest BCUT2D eigenvalue weighted by Gasteiger charge is -2.25. The van der Waals surface area contributed by atoms with Gasteiger partial charge in [0.1, 0.15) is 17.3 Å². The first kappa shape index (κ1) is 26.7. The van der Waals surface area contributed by atoms with Crippen LogP contribution in [0.5, 0.6) is 11.5 Å². The maximum Gasteiger partial charge on any atom is 0.295 e. The van der Waals surface area contributed by atoms with Gasteiger partial charge in [-0.1, -0.05) is 25.5 Å². The van der Waals surface area contributed by atoms with E-state index >= 15 is 0 Å². The molecule has 1 unspecified atom stereocenters. The smallest absolute Gasteiger partial charge is 0.295 e. The molecule has 3 rings (SSSR count). The number of nitrogens with zero attached hydrogens (tertiary/aromatic N) is 1. The van der Waals surface area contributed by atoms with Gasteiger partial charge in [-0.15, -0.1) is 0 Å². The summed E-state index contributed by atoms with van der Waals surface area (Å²) in [6, 6.07) is 12.6. The van der Waals surface area contributed by atoms with E-state index in [-0.39, 0.29) is 24.5 Å². The van der Waals surface area contributed by atoms with Crippen LogP contribution >= 0.6 is 0 Å². The normalized spacial score (nSPS) is 16.8. The molecule has 1 fully saturated rings. The monoisotopic (exact) mass is 496 g/mol. The van der Waals surface area contributed by atoms with E-state index in [1.54, 1.807) is 55.6 Å². The molecule has 2 amide bonds. The number of aliphatic hydroxyl groups is 1. The van der Waals surface area contributed by atoms with Crippen molar-refractivity contribution in [2.24, 2.45) is 5.73 Å². The number of carbonyl (C=O) groups excluding carboxylic acids is 3. The third-order valence-electron chi connectivity index (χ3n) is 5.76. The Balaban J connectivity index is 1.96. The highest BCUT2D eigenvalue weighted by Gasteiger charge is 2.45. The van der Waals surface area contributed by atoms with Gasteiger partial charge >= 0.3 is 0 Å². The van der Waals surface area contributed by atoms with Gasteiger partial charge in [-0.2, -0.15) is 0 Å². The fourth-order valence-corrected chi connectivity index (χ4v) is 3.94. The van der Waals surface area contributed by atoms with E-state index in [9.17, 15) is 19.5 Å². The number of hydrogen-bond donors (Lipinski definition) is 2. The Morgan fingerprint density at radius 2 is 1.61 bits per heavy atom. The Hall–Kier alpha value is -3.85. The summed E-state index contributed by atoms with van der Waals surface area (Å²) in [6.07, 6.45) is 2.46. The van der Waals surface area contributed by atoms with Crippen LogP contribution in [0.2, 0.25) is 0 Å². The van der Waals surface area contributed by atoms with E-state index in [1.165, 1.54) is 4.90 Å². The minimum atomic E-state index is -0.799. The van der Waals surface area contributed by atoms with Crippen molar-refractivity contribution in [3.63, 3.8) is 0 Å². The van der Waals surface area contributed by atoms with Crippen LogP contribution in [0.3, 0.4) is 0 Å². The molecule has 0 aliphatic carbocycles. The number of unbranched alkanes of at least 4 members (excludes halogenated alkanes) is 1. The number of primary amides is 1. The van der Waals surface area contributed by atoms with Crippen molar-refractivity contribution in [2.75, 3.05) is 33.5 Å². The predicted molar refractivity (Wildman–Crippen MR) is 133 cm³/mol. The van der Waals surface area contributed by atoms with Gasteiger partial charge in [0.25, 0.3) is 17.6 Å². The minimum absolute atomic E-state index is 0.00266. The molecule has 0 saturated carbocycles. The Kier molecular flexibility index (Phi) is 9.46. The predicted octanol–water partition coefficient (Wildman–Crippen LogP) is 3.19. The van der Waals surface area contributed by atoms with E-state index in [0.717, 1.165) is 12.8 Å². The summed E-state index contributed by atoms with van der Waals surface area (Å²) in [5.74, 6) is -1.25. The zero-order valence-electron chi connectivity index (χ0n) is 20.6. The molecule has 2 aromatic carbocycles. The summed E-state index contributed by atoms with van der Waals surface area (Å²) >= 11 is 0. The largest absolute Gasteiger partial charge is 0.507 e. The minimum Gasteiger partial charge on any atom is -0.507 e. The Bertz CT molecular complexity index is 1090. The molecule has 1 saturated heterocycles. The Morgan fingerprint density at radius 1 is 0.972 bits per heavy atom. The van der Waals surface area contributed by atoms with Crippen molar-refractivity contribution in [3.05, 3.63) is 65.2 Å². The van der Waals surface area contributed by atoms with E-state index in [4.69, 9.17) is 19.9 Å². The molecule has 3 N–H and O–H groups in total. The zero-order chi connectivity index (χ0) is 26.1. The van der Waals surface area contributed by atoms with Crippen molar-refractivity contribution < 1.29 is 33.7 Å². The number of ether oxygens (including phenoxy) is 3. The van der Waals surface area contributed by atoms with Gasteiger partial charge in [-0.25, -0.2) is 0 Å². The summed E-state index contributed by atoms with van der Waals surface area (Å²) in [5, 5.41) is 11.2. The molecule has 1 aliphatic rings.